The maximum atomic E-state index is 12.5. The van der Waals surface area contributed by atoms with E-state index in [4.69, 9.17) is 11.6 Å². The molecule has 0 unspecified atom stereocenters. The van der Waals surface area contributed by atoms with E-state index in [1.807, 2.05) is 13.0 Å². The number of nitrogens with one attached hydrogen (secondary N) is 3. The minimum Gasteiger partial charge on any atom is -0.381 e. The summed E-state index contributed by atoms with van der Waals surface area (Å²) in [5, 5.41) is 11.4. The van der Waals surface area contributed by atoms with Crippen molar-refractivity contribution in [2.75, 3.05) is 17.2 Å². The molecule has 3 aromatic rings. The number of fused-ring (bicyclic) bond motifs is 5. The Balaban J connectivity index is 1.56. The Bertz CT molecular complexity index is 1140. The number of aromatic nitrogens is 2. The van der Waals surface area contributed by atoms with Crippen LogP contribution in [-0.2, 0) is 6.42 Å². The van der Waals surface area contributed by atoms with Gasteiger partial charge in [0.15, 0.2) is 0 Å². The van der Waals surface area contributed by atoms with Crippen molar-refractivity contribution >= 4 is 62.1 Å². The van der Waals surface area contributed by atoms with Gasteiger partial charge in [-0.25, -0.2) is 4.98 Å². The van der Waals surface area contributed by atoms with E-state index in [1.54, 1.807) is 12.3 Å². The zero-order valence-corrected chi connectivity index (χ0v) is 16.6. The van der Waals surface area contributed by atoms with Crippen LogP contribution in [0.3, 0.4) is 0 Å². The fraction of sp³-hybridized carbons (Fsp3) is 0.263. The standard InChI is InChI=1S/C19H17ClN6OS/c1-9-8-22-16-15-10-2-5-14(26-19-21-7-6-13(20)25-19)24-11(10)3-4-12(15)28-17(16)18(27)23-9/h3-4,6-7,9,22H,2,5,8H2,1H3,(H,23,27)(H,21,24,25,26)/t9-/m1/s1. The summed E-state index contributed by atoms with van der Waals surface area (Å²) in [6, 6.07) is 5.81. The number of rotatable bonds is 1. The van der Waals surface area contributed by atoms with Crippen LogP contribution in [-0.4, -0.2) is 34.3 Å². The van der Waals surface area contributed by atoms with Gasteiger partial charge >= 0.3 is 0 Å². The Morgan fingerprint density at radius 1 is 1.29 bits per heavy atom. The third-order valence-electron chi connectivity index (χ3n) is 4.87. The average molecular weight is 413 g/mol. The predicted molar refractivity (Wildman–Crippen MR) is 113 cm³/mol. The van der Waals surface area contributed by atoms with Gasteiger partial charge in [0.05, 0.1) is 5.69 Å². The first kappa shape index (κ1) is 17.4. The van der Waals surface area contributed by atoms with Crippen molar-refractivity contribution in [3.05, 3.63) is 40.0 Å². The van der Waals surface area contributed by atoms with E-state index in [2.05, 4.69) is 37.0 Å². The number of aliphatic imine (C=N–C) groups is 1. The normalized spacial score (nSPS) is 20.0. The lowest BCUT2D eigenvalue weighted by atomic mass is 9.98. The summed E-state index contributed by atoms with van der Waals surface area (Å²) in [6.07, 6.45) is 3.14. The number of hydrogen-bond donors (Lipinski definition) is 3. The molecule has 142 valence electrons. The number of amidine groups is 1. The Labute approximate surface area is 170 Å². The van der Waals surface area contributed by atoms with E-state index >= 15 is 0 Å². The summed E-state index contributed by atoms with van der Waals surface area (Å²) in [5.74, 6) is 1.14. The van der Waals surface area contributed by atoms with E-state index in [9.17, 15) is 4.79 Å². The molecule has 0 fully saturated rings. The van der Waals surface area contributed by atoms with Crippen LogP contribution in [0.15, 0.2) is 29.4 Å². The number of carbonyl (C=O) groups is 1. The van der Waals surface area contributed by atoms with E-state index in [0.29, 0.717) is 17.6 Å². The second-order valence-electron chi connectivity index (χ2n) is 6.89. The third kappa shape index (κ3) is 2.98. The van der Waals surface area contributed by atoms with Crippen molar-refractivity contribution in [2.45, 2.75) is 25.8 Å². The van der Waals surface area contributed by atoms with Crippen LogP contribution in [0.4, 0.5) is 17.3 Å². The summed E-state index contributed by atoms with van der Waals surface area (Å²) in [6.45, 7) is 2.71. The Kier molecular flexibility index (Phi) is 4.17. The van der Waals surface area contributed by atoms with E-state index < -0.39 is 0 Å². The van der Waals surface area contributed by atoms with Gasteiger partial charge in [-0.3, -0.25) is 4.79 Å². The Morgan fingerprint density at radius 3 is 3.04 bits per heavy atom. The quantitative estimate of drug-likeness (QED) is 0.526. The van der Waals surface area contributed by atoms with Crippen LogP contribution in [0.25, 0.3) is 10.1 Å². The fourth-order valence-electron chi connectivity index (χ4n) is 3.61. The van der Waals surface area contributed by atoms with Gasteiger partial charge in [0.25, 0.3) is 11.9 Å². The summed E-state index contributed by atoms with van der Waals surface area (Å²) >= 11 is 7.45. The molecule has 3 N–H and O–H groups in total. The second kappa shape index (κ2) is 6.72. The van der Waals surface area contributed by atoms with Gasteiger partial charge in [0, 0.05) is 41.0 Å². The molecule has 1 amide bonds. The van der Waals surface area contributed by atoms with Gasteiger partial charge in [0.1, 0.15) is 15.9 Å². The third-order valence-corrected chi connectivity index (χ3v) is 6.23. The molecule has 2 aliphatic rings. The highest BCUT2D eigenvalue weighted by Crippen LogP contribution is 2.43. The number of benzene rings is 1. The Morgan fingerprint density at radius 2 is 2.18 bits per heavy atom. The largest absolute Gasteiger partial charge is 0.381 e. The summed E-state index contributed by atoms with van der Waals surface area (Å²) < 4.78 is 1.11. The van der Waals surface area contributed by atoms with Crippen LogP contribution in [0.2, 0.25) is 5.15 Å². The molecule has 0 spiro atoms. The second-order valence-corrected chi connectivity index (χ2v) is 8.33. The number of aryl methyl sites for hydroxylation is 1. The lowest BCUT2D eigenvalue weighted by molar-refractivity contribution is 0.0949. The number of anilines is 2. The fourth-order valence-corrected chi connectivity index (χ4v) is 4.85. The molecule has 7 nitrogen and oxygen atoms in total. The molecular weight excluding hydrogens is 396 g/mol. The van der Waals surface area contributed by atoms with Gasteiger partial charge in [-0.05, 0) is 37.1 Å². The van der Waals surface area contributed by atoms with E-state index in [-0.39, 0.29) is 11.9 Å². The minimum atomic E-state index is -0.00780. The van der Waals surface area contributed by atoms with Gasteiger partial charge in [-0.2, -0.15) is 9.98 Å². The summed E-state index contributed by atoms with van der Waals surface area (Å²) in [4.78, 5) is 26.0. The molecule has 0 bridgehead atoms. The molecule has 2 aliphatic heterocycles. The lowest BCUT2D eigenvalue weighted by Gasteiger charge is -2.21. The SMILES string of the molecule is C[C@@H]1CNc2c(sc3ccc4c(c23)CCC(=Nc2nccc(Cl)n2)N4)C(=O)N1. The van der Waals surface area contributed by atoms with E-state index in [1.165, 1.54) is 16.9 Å². The van der Waals surface area contributed by atoms with Gasteiger partial charge in [0.2, 0.25) is 0 Å². The van der Waals surface area contributed by atoms with Crippen molar-refractivity contribution in [1.82, 2.24) is 15.3 Å². The van der Waals surface area contributed by atoms with Crippen molar-refractivity contribution < 1.29 is 4.79 Å². The van der Waals surface area contributed by atoms with Crippen LogP contribution in [0, 0.1) is 0 Å². The molecule has 4 heterocycles. The zero-order valence-electron chi connectivity index (χ0n) is 15.0. The number of carbonyl (C=O) groups excluding carboxylic acids is 1. The van der Waals surface area contributed by atoms with Crippen molar-refractivity contribution in [2.24, 2.45) is 4.99 Å². The van der Waals surface area contributed by atoms with Gasteiger partial charge in [-0.15, -0.1) is 11.3 Å². The highest BCUT2D eigenvalue weighted by atomic mass is 35.5. The predicted octanol–water partition coefficient (Wildman–Crippen LogP) is 3.98. The lowest BCUT2D eigenvalue weighted by Crippen LogP contribution is -2.34. The topological polar surface area (TPSA) is 91.3 Å². The average Bonchev–Trinajstić information content (AvgIpc) is 2.99. The first-order valence-corrected chi connectivity index (χ1v) is 10.2. The van der Waals surface area contributed by atoms with Gasteiger partial charge in [-0.1, -0.05) is 11.6 Å². The highest BCUT2D eigenvalue weighted by Gasteiger charge is 2.27. The monoisotopic (exact) mass is 412 g/mol. The molecule has 9 heteroatoms. The molecule has 0 aliphatic carbocycles. The molecule has 0 saturated heterocycles. The van der Waals surface area contributed by atoms with Crippen molar-refractivity contribution in [3.63, 3.8) is 0 Å². The van der Waals surface area contributed by atoms with Crippen molar-refractivity contribution in [1.29, 1.82) is 0 Å². The van der Waals surface area contributed by atoms with E-state index in [0.717, 1.165) is 45.0 Å². The first-order valence-electron chi connectivity index (χ1n) is 9.05. The zero-order chi connectivity index (χ0) is 19.3. The van der Waals surface area contributed by atoms with Gasteiger partial charge < -0.3 is 16.0 Å². The van der Waals surface area contributed by atoms with Crippen LogP contribution >= 0.6 is 22.9 Å². The molecule has 1 aromatic carbocycles. The van der Waals surface area contributed by atoms with Crippen LogP contribution in [0.1, 0.15) is 28.6 Å². The maximum Gasteiger partial charge on any atom is 0.263 e. The number of nitrogens with zero attached hydrogens (tertiary/aromatic N) is 3. The maximum absolute atomic E-state index is 12.5. The Hall–Kier alpha value is -2.71. The summed E-state index contributed by atoms with van der Waals surface area (Å²) in [7, 11) is 0. The smallest absolute Gasteiger partial charge is 0.263 e. The molecule has 0 radical (unpaired) electrons. The number of amides is 1. The molecule has 2 aromatic heterocycles. The summed E-state index contributed by atoms with van der Waals surface area (Å²) in [5.41, 5.74) is 3.15. The van der Waals surface area contributed by atoms with Crippen molar-refractivity contribution in [3.8, 4) is 0 Å². The first-order chi connectivity index (χ1) is 13.6. The number of halogens is 1. The highest BCUT2D eigenvalue weighted by molar-refractivity contribution is 7.21. The number of thiophene rings is 1. The molecule has 28 heavy (non-hydrogen) atoms. The van der Waals surface area contributed by atoms with Crippen LogP contribution < -0.4 is 16.0 Å². The molecule has 0 saturated carbocycles. The molecular formula is C19H17ClN6OS. The number of hydrogen-bond acceptors (Lipinski definition) is 6. The minimum absolute atomic E-state index is 0.00780. The molecule has 5 rings (SSSR count). The van der Waals surface area contributed by atoms with Crippen LogP contribution in [0.5, 0.6) is 0 Å². The molecule has 1 atom stereocenters.